The molecule has 2 saturated heterocycles. The highest BCUT2D eigenvalue weighted by Crippen LogP contribution is 2.28. The van der Waals surface area contributed by atoms with Crippen molar-refractivity contribution in [3.8, 4) is 0 Å². The first kappa shape index (κ1) is 9.84. The summed E-state index contributed by atoms with van der Waals surface area (Å²) < 4.78 is 7.11. The fourth-order valence-corrected chi connectivity index (χ4v) is 2.44. The molecule has 2 aliphatic heterocycles. The molecular formula is C11H15N3O2. The number of nitrogens with zero attached hydrogens (tertiary/aromatic N) is 3. The zero-order valence-corrected chi connectivity index (χ0v) is 9.24. The zero-order valence-electron chi connectivity index (χ0n) is 9.24. The molecule has 86 valence electrons. The van der Waals surface area contributed by atoms with Gasteiger partial charge in [-0.25, -0.2) is 0 Å². The van der Waals surface area contributed by atoms with E-state index in [1.807, 2.05) is 23.9 Å². The van der Waals surface area contributed by atoms with Crippen LogP contribution in [0.1, 0.15) is 19.4 Å². The normalized spacial score (nSPS) is 31.4. The lowest BCUT2D eigenvalue weighted by molar-refractivity contribution is -0.146. The van der Waals surface area contributed by atoms with E-state index in [-0.39, 0.29) is 18.1 Å². The van der Waals surface area contributed by atoms with Crippen LogP contribution in [0.5, 0.6) is 0 Å². The summed E-state index contributed by atoms with van der Waals surface area (Å²) in [5.74, 6) is -0.0635. The Kier molecular flexibility index (Phi) is 2.21. The minimum atomic E-state index is -0.0635. The maximum absolute atomic E-state index is 11.5. The molecule has 2 atom stereocenters. The van der Waals surface area contributed by atoms with Gasteiger partial charge in [0.1, 0.15) is 12.1 Å². The Hall–Kier alpha value is -1.36. The first-order valence-corrected chi connectivity index (χ1v) is 5.67. The molecule has 1 aromatic rings. The largest absolute Gasteiger partial charge is 0.461 e. The van der Waals surface area contributed by atoms with Crippen LogP contribution in [0.2, 0.25) is 0 Å². The lowest BCUT2D eigenvalue weighted by atomic mass is 10.0. The van der Waals surface area contributed by atoms with Crippen LogP contribution in [0.4, 0.5) is 0 Å². The second-order valence-electron chi connectivity index (χ2n) is 4.59. The van der Waals surface area contributed by atoms with Gasteiger partial charge in [-0.3, -0.25) is 14.4 Å². The van der Waals surface area contributed by atoms with E-state index in [1.165, 1.54) is 0 Å². The van der Waals surface area contributed by atoms with Gasteiger partial charge in [-0.05, 0) is 13.0 Å². The van der Waals surface area contributed by atoms with Gasteiger partial charge in [0.05, 0.1) is 6.04 Å². The van der Waals surface area contributed by atoms with Gasteiger partial charge in [-0.15, -0.1) is 0 Å². The molecule has 5 heteroatoms. The highest BCUT2D eigenvalue weighted by molar-refractivity contribution is 5.78. The van der Waals surface area contributed by atoms with E-state index >= 15 is 0 Å². The molecule has 0 N–H and O–H groups in total. The number of aromatic nitrogens is 2. The third-order valence-corrected chi connectivity index (χ3v) is 3.37. The Bertz CT molecular complexity index is 384. The molecule has 1 aromatic heterocycles. The molecule has 0 aromatic carbocycles. The average molecular weight is 221 g/mol. The predicted octanol–water partition coefficient (Wildman–Crippen LogP) is 0.444. The molecule has 3 rings (SSSR count). The van der Waals surface area contributed by atoms with Crippen molar-refractivity contribution >= 4 is 5.97 Å². The van der Waals surface area contributed by atoms with E-state index in [0.717, 1.165) is 19.5 Å². The Balaban J connectivity index is 1.59. The predicted molar refractivity (Wildman–Crippen MR) is 56.8 cm³/mol. The van der Waals surface area contributed by atoms with Crippen LogP contribution in [-0.4, -0.2) is 45.9 Å². The van der Waals surface area contributed by atoms with Crippen molar-refractivity contribution in [3.05, 3.63) is 18.5 Å². The lowest BCUT2D eigenvalue weighted by Crippen LogP contribution is -2.54. The standard InChI is InChI=1S/C11H15N3O2/c1-8-5-10(11(15)16-8)13-6-9(7-13)14-4-2-3-12-14/h2-4,8-10H,5-7H2,1H3/t8-,10-/m0/s1. The van der Waals surface area contributed by atoms with Crippen molar-refractivity contribution in [1.29, 1.82) is 0 Å². The summed E-state index contributed by atoms with van der Waals surface area (Å²) in [5.41, 5.74) is 0. The topological polar surface area (TPSA) is 47.4 Å². The van der Waals surface area contributed by atoms with Gasteiger partial charge < -0.3 is 4.74 Å². The van der Waals surface area contributed by atoms with E-state index in [9.17, 15) is 4.79 Å². The average Bonchev–Trinajstić information content (AvgIpc) is 2.75. The zero-order chi connectivity index (χ0) is 11.1. The minimum absolute atomic E-state index is 0.0261. The Morgan fingerprint density at radius 3 is 2.88 bits per heavy atom. The quantitative estimate of drug-likeness (QED) is 0.680. The summed E-state index contributed by atoms with van der Waals surface area (Å²) in [6.45, 7) is 3.74. The third kappa shape index (κ3) is 1.51. The Morgan fingerprint density at radius 2 is 2.31 bits per heavy atom. The number of esters is 1. The number of hydrogen-bond donors (Lipinski definition) is 0. The van der Waals surface area contributed by atoms with Crippen molar-refractivity contribution in [1.82, 2.24) is 14.7 Å². The van der Waals surface area contributed by atoms with Gasteiger partial charge in [0.2, 0.25) is 0 Å². The molecule has 5 nitrogen and oxygen atoms in total. The van der Waals surface area contributed by atoms with Crippen molar-refractivity contribution < 1.29 is 9.53 Å². The van der Waals surface area contributed by atoms with Crippen molar-refractivity contribution in [2.75, 3.05) is 13.1 Å². The smallest absolute Gasteiger partial charge is 0.323 e. The van der Waals surface area contributed by atoms with Gasteiger partial charge in [0.15, 0.2) is 0 Å². The van der Waals surface area contributed by atoms with Crippen LogP contribution >= 0.6 is 0 Å². The van der Waals surface area contributed by atoms with Gasteiger partial charge in [0, 0.05) is 31.9 Å². The molecule has 0 saturated carbocycles. The van der Waals surface area contributed by atoms with Crippen LogP contribution in [0.3, 0.4) is 0 Å². The van der Waals surface area contributed by atoms with E-state index in [4.69, 9.17) is 4.74 Å². The number of hydrogen-bond acceptors (Lipinski definition) is 4. The van der Waals surface area contributed by atoms with Crippen LogP contribution in [-0.2, 0) is 9.53 Å². The SMILES string of the molecule is C[C@H]1C[C@H](N2CC(n3cccn3)C2)C(=O)O1. The van der Waals surface area contributed by atoms with Gasteiger partial charge in [-0.2, -0.15) is 5.10 Å². The van der Waals surface area contributed by atoms with Crippen molar-refractivity contribution in [3.63, 3.8) is 0 Å². The molecular weight excluding hydrogens is 206 g/mol. The van der Waals surface area contributed by atoms with Gasteiger partial charge in [-0.1, -0.05) is 0 Å². The molecule has 0 spiro atoms. The maximum atomic E-state index is 11.5. The molecule has 0 amide bonds. The summed E-state index contributed by atoms with van der Waals surface area (Å²) >= 11 is 0. The summed E-state index contributed by atoms with van der Waals surface area (Å²) in [6, 6.07) is 2.31. The number of likely N-dealkylation sites (tertiary alicyclic amines) is 1. The second kappa shape index (κ2) is 3.59. The molecule has 16 heavy (non-hydrogen) atoms. The number of carbonyl (C=O) groups is 1. The molecule has 0 aliphatic carbocycles. The Labute approximate surface area is 94.0 Å². The Morgan fingerprint density at radius 1 is 1.50 bits per heavy atom. The number of cyclic esters (lactones) is 1. The van der Waals surface area contributed by atoms with Crippen molar-refractivity contribution in [2.24, 2.45) is 0 Å². The lowest BCUT2D eigenvalue weighted by Gasteiger charge is -2.41. The van der Waals surface area contributed by atoms with Crippen LogP contribution in [0.25, 0.3) is 0 Å². The fourth-order valence-electron chi connectivity index (χ4n) is 2.44. The molecule has 2 fully saturated rings. The summed E-state index contributed by atoms with van der Waals surface area (Å²) in [5, 5.41) is 4.21. The van der Waals surface area contributed by atoms with E-state index in [2.05, 4.69) is 10.00 Å². The van der Waals surface area contributed by atoms with Crippen LogP contribution in [0.15, 0.2) is 18.5 Å². The first-order chi connectivity index (χ1) is 7.74. The summed E-state index contributed by atoms with van der Waals surface area (Å²) in [4.78, 5) is 13.7. The summed E-state index contributed by atoms with van der Waals surface area (Å²) in [6.07, 6.45) is 4.65. The van der Waals surface area contributed by atoms with E-state index in [0.29, 0.717) is 6.04 Å². The second-order valence-corrected chi connectivity index (χ2v) is 4.59. The van der Waals surface area contributed by atoms with Crippen LogP contribution in [0, 0.1) is 0 Å². The number of ether oxygens (including phenoxy) is 1. The highest BCUT2D eigenvalue weighted by atomic mass is 16.6. The fraction of sp³-hybridized carbons (Fsp3) is 0.636. The molecule has 0 unspecified atom stereocenters. The maximum Gasteiger partial charge on any atom is 0.323 e. The molecule has 0 bridgehead atoms. The van der Waals surface area contributed by atoms with E-state index in [1.54, 1.807) is 6.20 Å². The summed E-state index contributed by atoms with van der Waals surface area (Å²) in [7, 11) is 0. The van der Waals surface area contributed by atoms with Gasteiger partial charge >= 0.3 is 5.97 Å². The number of rotatable bonds is 2. The minimum Gasteiger partial charge on any atom is -0.461 e. The van der Waals surface area contributed by atoms with Gasteiger partial charge in [0.25, 0.3) is 0 Å². The highest BCUT2D eigenvalue weighted by Gasteiger charge is 2.42. The third-order valence-electron chi connectivity index (χ3n) is 3.37. The number of carbonyl (C=O) groups excluding carboxylic acids is 1. The molecule has 2 aliphatic rings. The molecule has 3 heterocycles. The molecule has 0 radical (unpaired) electrons. The monoisotopic (exact) mass is 221 g/mol. The van der Waals surface area contributed by atoms with Crippen molar-refractivity contribution in [2.45, 2.75) is 31.5 Å². The van der Waals surface area contributed by atoms with E-state index < -0.39 is 0 Å². The first-order valence-electron chi connectivity index (χ1n) is 5.67. The van der Waals surface area contributed by atoms with Crippen LogP contribution < -0.4 is 0 Å².